The van der Waals surface area contributed by atoms with Crippen molar-refractivity contribution in [2.24, 2.45) is 0 Å². The van der Waals surface area contributed by atoms with Crippen molar-refractivity contribution in [3.63, 3.8) is 0 Å². The second kappa shape index (κ2) is 7.68. The Hall–Kier alpha value is -3.05. The van der Waals surface area contributed by atoms with Crippen LogP contribution >= 0.6 is 11.8 Å². The average molecular weight is 373 g/mol. The predicted molar refractivity (Wildman–Crippen MR) is 111 cm³/mol. The number of benzene rings is 2. The molecule has 0 spiro atoms. The van der Waals surface area contributed by atoms with Gasteiger partial charge in [0, 0.05) is 22.9 Å². The number of para-hydroxylation sites is 1. The summed E-state index contributed by atoms with van der Waals surface area (Å²) in [5, 5.41) is 3.07. The maximum Gasteiger partial charge on any atom is 0.256 e. The smallest absolute Gasteiger partial charge is 0.256 e. The van der Waals surface area contributed by atoms with Gasteiger partial charge in [-0.2, -0.15) is 0 Å². The number of imidazole rings is 1. The molecule has 134 valence electrons. The molecule has 0 unspecified atom stereocenters. The number of nitrogens with zero attached hydrogens (tertiary/aromatic N) is 2. The first-order chi connectivity index (χ1) is 13.3. The Bertz CT molecular complexity index is 1070. The molecule has 0 atom stereocenters. The largest absolute Gasteiger partial charge is 0.321 e. The molecule has 1 amide bonds. The zero-order valence-corrected chi connectivity index (χ0v) is 15.7. The monoisotopic (exact) mass is 373 g/mol. The van der Waals surface area contributed by atoms with Crippen LogP contribution in [-0.2, 0) is 0 Å². The lowest BCUT2D eigenvalue weighted by atomic mass is 10.1. The van der Waals surface area contributed by atoms with Gasteiger partial charge < -0.3 is 9.72 Å². The van der Waals surface area contributed by atoms with E-state index in [1.165, 1.54) is 0 Å². The van der Waals surface area contributed by atoms with E-state index in [-0.39, 0.29) is 5.91 Å². The van der Waals surface area contributed by atoms with Gasteiger partial charge in [0.05, 0.1) is 16.9 Å². The van der Waals surface area contributed by atoms with Crippen LogP contribution < -0.4 is 5.32 Å². The lowest BCUT2D eigenvalue weighted by molar-refractivity contribution is 0.102. The van der Waals surface area contributed by atoms with E-state index in [1.54, 1.807) is 11.8 Å². The summed E-state index contributed by atoms with van der Waals surface area (Å²) in [6.45, 7) is 2.08. The van der Waals surface area contributed by atoms with Crippen molar-refractivity contribution >= 4 is 29.0 Å². The highest BCUT2D eigenvalue weighted by Crippen LogP contribution is 2.29. The minimum absolute atomic E-state index is 0.109. The number of hydrogen-bond donors (Lipinski definition) is 1. The molecule has 1 N–H and O–H groups in total. The van der Waals surface area contributed by atoms with Crippen LogP contribution in [0.2, 0.25) is 0 Å². The quantitative estimate of drug-likeness (QED) is 0.479. The van der Waals surface area contributed by atoms with Crippen LogP contribution in [0.5, 0.6) is 0 Å². The third kappa shape index (κ3) is 3.59. The molecular weight excluding hydrogens is 354 g/mol. The van der Waals surface area contributed by atoms with Crippen molar-refractivity contribution in [1.29, 1.82) is 0 Å². The Labute approximate surface area is 162 Å². The first kappa shape index (κ1) is 17.4. The van der Waals surface area contributed by atoms with Crippen molar-refractivity contribution in [3.8, 4) is 11.3 Å². The molecule has 4 nitrogen and oxygen atoms in total. The molecule has 0 saturated carbocycles. The number of fused-ring (bicyclic) bond motifs is 1. The topological polar surface area (TPSA) is 46.4 Å². The Balaban J connectivity index is 1.68. The number of carbonyl (C=O) groups excluding carboxylic acids is 1. The van der Waals surface area contributed by atoms with Crippen LogP contribution in [0.3, 0.4) is 0 Å². The van der Waals surface area contributed by atoms with Crippen molar-refractivity contribution in [2.45, 2.75) is 11.8 Å². The minimum Gasteiger partial charge on any atom is -0.321 e. The molecule has 0 saturated heterocycles. The molecule has 0 aliphatic carbocycles. The summed E-state index contributed by atoms with van der Waals surface area (Å²) < 4.78 is 1.97. The summed E-state index contributed by atoms with van der Waals surface area (Å²) in [5.41, 5.74) is 4.04. The molecule has 4 rings (SSSR count). The number of pyridine rings is 1. The zero-order chi connectivity index (χ0) is 18.6. The standard InChI is InChI=1S/C22H19N3OS/c1-2-27-20-12-6-4-10-17(20)22(26)24-18-11-5-3-9-16(18)19-15-25-14-8-7-13-21(25)23-19/h3-15H,2H2,1H3,(H,24,26). The van der Waals surface area contributed by atoms with Crippen LogP contribution in [-0.4, -0.2) is 21.0 Å². The number of carbonyl (C=O) groups is 1. The van der Waals surface area contributed by atoms with E-state index in [0.717, 1.165) is 33.2 Å². The van der Waals surface area contributed by atoms with Gasteiger partial charge in [0.2, 0.25) is 0 Å². The highest BCUT2D eigenvalue weighted by Gasteiger charge is 2.15. The van der Waals surface area contributed by atoms with E-state index in [1.807, 2.05) is 83.5 Å². The van der Waals surface area contributed by atoms with Gasteiger partial charge >= 0.3 is 0 Å². The van der Waals surface area contributed by atoms with Crippen LogP contribution in [0, 0.1) is 0 Å². The number of thioether (sulfide) groups is 1. The Kier molecular flexibility index (Phi) is 4.94. The van der Waals surface area contributed by atoms with Gasteiger partial charge in [0.15, 0.2) is 0 Å². The van der Waals surface area contributed by atoms with Crippen molar-refractivity contribution < 1.29 is 4.79 Å². The number of anilines is 1. The second-order valence-corrected chi connectivity index (χ2v) is 7.33. The fourth-order valence-corrected chi connectivity index (χ4v) is 3.81. The number of aromatic nitrogens is 2. The van der Waals surface area contributed by atoms with Gasteiger partial charge in [-0.3, -0.25) is 4.79 Å². The Morgan fingerprint density at radius 3 is 2.67 bits per heavy atom. The van der Waals surface area contributed by atoms with Crippen LogP contribution in [0.25, 0.3) is 16.9 Å². The van der Waals surface area contributed by atoms with Crippen LogP contribution in [0.4, 0.5) is 5.69 Å². The summed E-state index contributed by atoms with van der Waals surface area (Å²) in [4.78, 5) is 18.6. The van der Waals surface area contributed by atoms with Crippen molar-refractivity contribution in [3.05, 3.63) is 84.7 Å². The minimum atomic E-state index is -0.109. The van der Waals surface area contributed by atoms with E-state index in [9.17, 15) is 4.79 Å². The number of rotatable bonds is 5. The fourth-order valence-electron chi connectivity index (χ4n) is 3.01. The number of nitrogens with one attached hydrogen (secondary N) is 1. The summed E-state index contributed by atoms with van der Waals surface area (Å²) >= 11 is 1.67. The van der Waals surface area contributed by atoms with Gasteiger partial charge in [-0.05, 0) is 36.1 Å². The van der Waals surface area contributed by atoms with Gasteiger partial charge in [-0.25, -0.2) is 4.98 Å². The summed E-state index contributed by atoms with van der Waals surface area (Å²) in [5.74, 6) is 0.810. The van der Waals surface area contributed by atoms with Gasteiger partial charge in [0.1, 0.15) is 5.65 Å². The lowest BCUT2D eigenvalue weighted by Crippen LogP contribution is -2.13. The fraction of sp³-hybridized carbons (Fsp3) is 0.0909. The molecule has 4 aromatic rings. The molecule has 5 heteroatoms. The van der Waals surface area contributed by atoms with E-state index in [2.05, 4.69) is 17.2 Å². The maximum atomic E-state index is 12.9. The average Bonchev–Trinajstić information content (AvgIpc) is 3.13. The van der Waals surface area contributed by atoms with Gasteiger partial charge in [-0.1, -0.05) is 43.3 Å². The lowest BCUT2D eigenvalue weighted by Gasteiger charge is -2.12. The Morgan fingerprint density at radius 2 is 1.81 bits per heavy atom. The summed E-state index contributed by atoms with van der Waals surface area (Å²) in [6, 6.07) is 21.3. The molecule has 0 aliphatic rings. The summed E-state index contributed by atoms with van der Waals surface area (Å²) in [6.07, 6.45) is 3.94. The molecule has 0 aliphatic heterocycles. The second-order valence-electron chi connectivity index (χ2n) is 6.02. The molecule has 0 bridgehead atoms. The van der Waals surface area contributed by atoms with E-state index < -0.39 is 0 Å². The van der Waals surface area contributed by atoms with E-state index in [0.29, 0.717) is 5.56 Å². The molecule has 2 aromatic carbocycles. The third-order valence-electron chi connectivity index (χ3n) is 4.25. The molecule has 27 heavy (non-hydrogen) atoms. The van der Waals surface area contributed by atoms with E-state index >= 15 is 0 Å². The van der Waals surface area contributed by atoms with Crippen LogP contribution in [0.1, 0.15) is 17.3 Å². The van der Waals surface area contributed by atoms with Crippen LogP contribution in [0.15, 0.2) is 84.0 Å². The van der Waals surface area contributed by atoms with Crippen molar-refractivity contribution in [2.75, 3.05) is 11.1 Å². The number of hydrogen-bond acceptors (Lipinski definition) is 3. The molecule has 2 aromatic heterocycles. The highest BCUT2D eigenvalue weighted by molar-refractivity contribution is 7.99. The zero-order valence-electron chi connectivity index (χ0n) is 14.9. The SMILES string of the molecule is CCSc1ccccc1C(=O)Nc1ccccc1-c1cn2ccccc2n1. The van der Waals surface area contributed by atoms with E-state index in [4.69, 9.17) is 0 Å². The highest BCUT2D eigenvalue weighted by atomic mass is 32.2. The molecule has 0 radical (unpaired) electrons. The van der Waals surface area contributed by atoms with Crippen molar-refractivity contribution in [1.82, 2.24) is 9.38 Å². The van der Waals surface area contributed by atoms with Gasteiger partial charge in [0.25, 0.3) is 5.91 Å². The first-order valence-electron chi connectivity index (χ1n) is 8.82. The molecular formula is C22H19N3OS. The molecule has 0 fully saturated rings. The predicted octanol–water partition coefficient (Wildman–Crippen LogP) is 5.37. The van der Waals surface area contributed by atoms with Gasteiger partial charge in [-0.15, -0.1) is 11.8 Å². The Morgan fingerprint density at radius 1 is 1.04 bits per heavy atom. The first-order valence-corrected chi connectivity index (χ1v) is 9.81. The number of amides is 1. The maximum absolute atomic E-state index is 12.9. The third-order valence-corrected chi connectivity index (χ3v) is 5.20. The summed E-state index contributed by atoms with van der Waals surface area (Å²) in [7, 11) is 0. The molecule has 2 heterocycles. The normalized spacial score (nSPS) is 10.9.